The zero-order valence-electron chi connectivity index (χ0n) is 11.6. The monoisotopic (exact) mass is 264 g/mol. The summed E-state index contributed by atoms with van der Waals surface area (Å²) in [5.74, 6) is 0. The van der Waals surface area contributed by atoms with E-state index in [2.05, 4.69) is 53.0 Å². The number of aromatic nitrogens is 2. The van der Waals surface area contributed by atoms with Crippen molar-refractivity contribution in [2.24, 2.45) is 7.05 Å². The van der Waals surface area contributed by atoms with Gasteiger partial charge in [0.05, 0.1) is 19.1 Å². The Morgan fingerprint density at radius 2 is 2.00 bits per heavy atom. The SMILES string of the molecule is COC=Cc1cncc(-c2cc3ccccc3n2C)c1. The Morgan fingerprint density at radius 3 is 2.80 bits per heavy atom. The molecule has 0 radical (unpaired) electrons. The number of rotatable bonds is 3. The summed E-state index contributed by atoms with van der Waals surface area (Å²) in [4.78, 5) is 4.31. The summed E-state index contributed by atoms with van der Waals surface area (Å²) in [5, 5.41) is 1.24. The highest BCUT2D eigenvalue weighted by Gasteiger charge is 2.07. The molecule has 0 saturated carbocycles. The zero-order chi connectivity index (χ0) is 13.9. The van der Waals surface area contributed by atoms with Crippen LogP contribution in [0.1, 0.15) is 5.56 Å². The second kappa shape index (κ2) is 5.21. The van der Waals surface area contributed by atoms with Crippen LogP contribution in [0.3, 0.4) is 0 Å². The number of ether oxygens (including phenoxy) is 1. The standard InChI is InChI=1S/C17H16N2O/c1-19-16-6-4-3-5-14(16)10-17(19)15-9-13(7-8-20-2)11-18-12-15/h3-12H,1-2H3. The number of benzene rings is 1. The van der Waals surface area contributed by atoms with Crippen LogP contribution in [0.15, 0.2) is 55.1 Å². The van der Waals surface area contributed by atoms with E-state index in [1.807, 2.05) is 18.5 Å². The molecule has 3 nitrogen and oxygen atoms in total. The highest BCUT2D eigenvalue weighted by atomic mass is 16.5. The number of para-hydroxylation sites is 1. The van der Waals surface area contributed by atoms with E-state index in [0.29, 0.717) is 0 Å². The first-order valence-corrected chi connectivity index (χ1v) is 6.49. The summed E-state index contributed by atoms with van der Waals surface area (Å²) in [6.07, 6.45) is 7.27. The molecule has 0 spiro atoms. The smallest absolute Gasteiger partial charge is 0.0831 e. The number of nitrogens with zero attached hydrogens (tertiary/aromatic N) is 2. The van der Waals surface area contributed by atoms with Crippen LogP contribution in [0.25, 0.3) is 28.2 Å². The third-order valence-electron chi connectivity index (χ3n) is 3.40. The molecule has 0 aliphatic carbocycles. The topological polar surface area (TPSA) is 27.1 Å². The van der Waals surface area contributed by atoms with Crippen molar-refractivity contribution in [1.82, 2.24) is 9.55 Å². The Kier molecular flexibility index (Phi) is 3.25. The van der Waals surface area contributed by atoms with Crippen LogP contribution in [-0.2, 0) is 11.8 Å². The van der Waals surface area contributed by atoms with Gasteiger partial charge in [-0.05, 0) is 29.8 Å². The maximum absolute atomic E-state index is 4.95. The Bertz CT molecular complexity index is 772. The Morgan fingerprint density at radius 1 is 1.15 bits per heavy atom. The summed E-state index contributed by atoms with van der Waals surface area (Å²) in [5.41, 5.74) is 4.50. The van der Waals surface area contributed by atoms with Crippen LogP contribution in [0.4, 0.5) is 0 Å². The van der Waals surface area contributed by atoms with Crippen molar-refractivity contribution >= 4 is 17.0 Å². The van der Waals surface area contributed by atoms with E-state index in [4.69, 9.17) is 4.74 Å². The predicted octanol–water partition coefficient (Wildman–Crippen LogP) is 3.86. The van der Waals surface area contributed by atoms with Gasteiger partial charge < -0.3 is 9.30 Å². The number of pyridine rings is 1. The second-order valence-corrected chi connectivity index (χ2v) is 4.69. The molecule has 0 saturated heterocycles. The fourth-order valence-electron chi connectivity index (χ4n) is 2.40. The Labute approximate surface area is 118 Å². The van der Waals surface area contributed by atoms with E-state index < -0.39 is 0 Å². The van der Waals surface area contributed by atoms with Gasteiger partial charge in [0.1, 0.15) is 0 Å². The Hall–Kier alpha value is -2.55. The van der Waals surface area contributed by atoms with E-state index >= 15 is 0 Å². The highest BCUT2D eigenvalue weighted by Crippen LogP contribution is 2.27. The fraction of sp³-hybridized carbons (Fsp3) is 0.118. The summed E-state index contributed by atoms with van der Waals surface area (Å²) in [7, 11) is 3.72. The van der Waals surface area contributed by atoms with Gasteiger partial charge in [-0.25, -0.2) is 0 Å². The molecular formula is C17H16N2O. The fourth-order valence-corrected chi connectivity index (χ4v) is 2.40. The van der Waals surface area contributed by atoms with Crippen LogP contribution >= 0.6 is 0 Å². The van der Waals surface area contributed by atoms with Crippen LogP contribution < -0.4 is 0 Å². The molecule has 0 atom stereocenters. The highest BCUT2D eigenvalue weighted by molar-refractivity contribution is 5.87. The largest absolute Gasteiger partial charge is 0.504 e. The lowest BCUT2D eigenvalue weighted by molar-refractivity contribution is 0.341. The molecule has 20 heavy (non-hydrogen) atoms. The molecule has 2 heterocycles. The van der Waals surface area contributed by atoms with Gasteiger partial charge in [0.2, 0.25) is 0 Å². The van der Waals surface area contributed by atoms with Crippen LogP contribution in [0.5, 0.6) is 0 Å². The van der Waals surface area contributed by atoms with E-state index in [9.17, 15) is 0 Å². The van der Waals surface area contributed by atoms with Gasteiger partial charge in [-0.2, -0.15) is 0 Å². The average molecular weight is 264 g/mol. The molecule has 0 amide bonds. The minimum Gasteiger partial charge on any atom is -0.504 e. The summed E-state index contributed by atoms with van der Waals surface area (Å²) in [6, 6.07) is 12.7. The molecule has 0 aliphatic heterocycles. The van der Waals surface area contributed by atoms with E-state index in [1.165, 1.54) is 10.9 Å². The van der Waals surface area contributed by atoms with Crippen LogP contribution in [0, 0.1) is 0 Å². The van der Waals surface area contributed by atoms with E-state index in [0.717, 1.165) is 16.8 Å². The molecule has 1 aromatic carbocycles. The Balaban J connectivity index is 2.11. The first-order valence-electron chi connectivity index (χ1n) is 6.49. The van der Waals surface area contributed by atoms with Gasteiger partial charge in [0.25, 0.3) is 0 Å². The predicted molar refractivity (Wildman–Crippen MR) is 82.2 cm³/mol. The molecular weight excluding hydrogens is 248 g/mol. The second-order valence-electron chi connectivity index (χ2n) is 4.69. The van der Waals surface area contributed by atoms with E-state index in [1.54, 1.807) is 13.4 Å². The lowest BCUT2D eigenvalue weighted by Crippen LogP contribution is -1.92. The number of aryl methyl sites for hydroxylation is 1. The van der Waals surface area contributed by atoms with Crippen molar-refractivity contribution in [1.29, 1.82) is 0 Å². The molecule has 3 rings (SSSR count). The van der Waals surface area contributed by atoms with E-state index in [-0.39, 0.29) is 0 Å². The normalized spacial score (nSPS) is 11.3. The van der Waals surface area contributed by atoms with Crippen molar-refractivity contribution in [3.63, 3.8) is 0 Å². The molecule has 0 bridgehead atoms. The third-order valence-corrected chi connectivity index (χ3v) is 3.40. The first kappa shape index (κ1) is 12.5. The third kappa shape index (κ3) is 2.18. The van der Waals surface area contributed by atoms with Gasteiger partial charge in [-0.1, -0.05) is 18.2 Å². The van der Waals surface area contributed by atoms with Gasteiger partial charge >= 0.3 is 0 Å². The van der Waals surface area contributed by atoms with Crippen LogP contribution in [-0.4, -0.2) is 16.7 Å². The average Bonchev–Trinajstić information content (AvgIpc) is 2.83. The molecule has 2 aromatic heterocycles. The first-order chi connectivity index (χ1) is 9.79. The summed E-state index contributed by atoms with van der Waals surface area (Å²) in [6.45, 7) is 0. The zero-order valence-corrected chi connectivity index (χ0v) is 11.6. The molecule has 0 fully saturated rings. The quantitative estimate of drug-likeness (QED) is 0.672. The number of hydrogen-bond donors (Lipinski definition) is 0. The molecule has 100 valence electrons. The van der Waals surface area contributed by atoms with Gasteiger partial charge in [0.15, 0.2) is 0 Å². The maximum Gasteiger partial charge on any atom is 0.0831 e. The maximum atomic E-state index is 4.95. The van der Waals surface area contributed by atoms with Gasteiger partial charge in [-0.15, -0.1) is 0 Å². The molecule has 0 N–H and O–H groups in total. The number of fused-ring (bicyclic) bond motifs is 1. The molecule has 0 unspecified atom stereocenters. The minimum atomic E-state index is 1.02. The van der Waals surface area contributed by atoms with Gasteiger partial charge in [-0.3, -0.25) is 4.98 Å². The van der Waals surface area contributed by atoms with Crippen molar-refractivity contribution in [3.05, 3.63) is 60.6 Å². The van der Waals surface area contributed by atoms with Crippen molar-refractivity contribution in [3.8, 4) is 11.3 Å². The van der Waals surface area contributed by atoms with Crippen molar-refractivity contribution in [2.75, 3.05) is 7.11 Å². The lowest BCUT2D eigenvalue weighted by atomic mass is 10.1. The van der Waals surface area contributed by atoms with Crippen molar-refractivity contribution < 1.29 is 4.74 Å². The molecule has 3 heteroatoms. The molecule has 3 aromatic rings. The summed E-state index contributed by atoms with van der Waals surface area (Å²) >= 11 is 0. The summed E-state index contributed by atoms with van der Waals surface area (Å²) < 4.78 is 7.14. The van der Waals surface area contributed by atoms with Gasteiger partial charge in [0, 0.05) is 35.9 Å². The number of hydrogen-bond acceptors (Lipinski definition) is 2. The lowest BCUT2D eigenvalue weighted by Gasteiger charge is -2.05. The van der Waals surface area contributed by atoms with Crippen LogP contribution in [0.2, 0.25) is 0 Å². The number of methoxy groups -OCH3 is 1. The molecule has 0 aliphatic rings. The van der Waals surface area contributed by atoms with Crippen molar-refractivity contribution in [2.45, 2.75) is 0 Å². The minimum absolute atomic E-state index is 1.02.